The first-order valence-corrected chi connectivity index (χ1v) is 8.17. The lowest BCUT2D eigenvalue weighted by Gasteiger charge is -2.02. The number of halogens is 1. The van der Waals surface area contributed by atoms with Crippen LogP contribution in [0.15, 0.2) is 64.3 Å². The van der Waals surface area contributed by atoms with Gasteiger partial charge in [-0.3, -0.25) is 0 Å². The topological polar surface area (TPSA) is 38.9 Å². The third-order valence-electron chi connectivity index (χ3n) is 3.41. The Hall–Kier alpha value is -2.04. The van der Waals surface area contributed by atoms with Gasteiger partial charge in [-0.05, 0) is 29.8 Å². The van der Waals surface area contributed by atoms with Gasteiger partial charge in [0, 0.05) is 16.2 Å². The van der Waals surface area contributed by atoms with Crippen molar-refractivity contribution in [2.75, 3.05) is 0 Å². The molecule has 4 rings (SSSR count). The van der Waals surface area contributed by atoms with E-state index in [1.807, 2.05) is 48.5 Å². The molecule has 2 aromatic heterocycles. The Kier molecular flexibility index (Phi) is 3.48. The molecule has 5 heteroatoms. The summed E-state index contributed by atoms with van der Waals surface area (Å²) in [4.78, 5) is 8.73. The number of aromatic nitrogens is 2. The van der Waals surface area contributed by atoms with E-state index in [1.54, 1.807) is 18.1 Å². The van der Waals surface area contributed by atoms with Crippen molar-refractivity contribution in [1.29, 1.82) is 0 Å². The lowest BCUT2D eigenvalue weighted by molar-refractivity contribution is 0.653. The summed E-state index contributed by atoms with van der Waals surface area (Å²) in [6.45, 7) is 0. The van der Waals surface area contributed by atoms with Crippen molar-refractivity contribution < 1.29 is 4.42 Å². The monoisotopic (exact) mass is 326 g/mol. The predicted molar refractivity (Wildman–Crippen MR) is 90.3 cm³/mol. The molecule has 0 aliphatic heterocycles. The minimum Gasteiger partial charge on any atom is -0.451 e. The molecule has 4 aromatic rings. The fraction of sp³-hybridized carbons (Fsp3) is 0.0588. The number of benzene rings is 2. The molecule has 0 radical (unpaired) electrons. The van der Waals surface area contributed by atoms with Gasteiger partial charge in [0.15, 0.2) is 5.58 Å². The third-order valence-corrected chi connectivity index (χ3v) is 4.71. The highest BCUT2D eigenvalue weighted by atomic mass is 35.5. The van der Waals surface area contributed by atoms with Crippen LogP contribution in [0, 0.1) is 0 Å². The van der Waals surface area contributed by atoms with Crippen molar-refractivity contribution in [2.45, 2.75) is 10.8 Å². The van der Waals surface area contributed by atoms with Gasteiger partial charge in [-0.1, -0.05) is 47.6 Å². The van der Waals surface area contributed by atoms with Crippen LogP contribution >= 0.6 is 23.4 Å². The second-order valence-corrected chi connectivity index (χ2v) is 6.27. The van der Waals surface area contributed by atoms with Gasteiger partial charge in [-0.25, -0.2) is 9.97 Å². The van der Waals surface area contributed by atoms with Crippen molar-refractivity contribution >= 4 is 45.4 Å². The molecule has 0 atom stereocenters. The van der Waals surface area contributed by atoms with E-state index >= 15 is 0 Å². The van der Waals surface area contributed by atoms with Gasteiger partial charge in [0.2, 0.25) is 0 Å². The molecule has 0 fully saturated rings. The van der Waals surface area contributed by atoms with Crippen LogP contribution in [0.5, 0.6) is 0 Å². The Morgan fingerprint density at radius 1 is 1.00 bits per heavy atom. The molecule has 0 saturated heterocycles. The smallest absolute Gasteiger partial charge is 0.186 e. The van der Waals surface area contributed by atoms with Gasteiger partial charge < -0.3 is 4.42 Å². The van der Waals surface area contributed by atoms with Crippen LogP contribution in [0.25, 0.3) is 22.1 Å². The number of hydrogen-bond donors (Lipinski definition) is 0. The number of nitrogens with zero attached hydrogens (tertiary/aromatic N) is 2. The maximum absolute atomic E-state index is 5.92. The second-order valence-electron chi connectivity index (χ2n) is 4.87. The van der Waals surface area contributed by atoms with Crippen LogP contribution < -0.4 is 0 Å². The quantitative estimate of drug-likeness (QED) is 0.377. The summed E-state index contributed by atoms with van der Waals surface area (Å²) >= 11 is 7.55. The van der Waals surface area contributed by atoms with E-state index in [0.717, 1.165) is 37.9 Å². The lowest BCUT2D eigenvalue weighted by atomic mass is 10.2. The van der Waals surface area contributed by atoms with E-state index in [0.29, 0.717) is 0 Å². The zero-order valence-corrected chi connectivity index (χ0v) is 13.1. The van der Waals surface area contributed by atoms with Gasteiger partial charge in [-0.15, -0.1) is 0 Å². The molecule has 3 nitrogen and oxygen atoms in total. The van der Waals surface area contributed by atoms with Gasteiger partial charge in [0.25, 0.3) is 0 Å². The summed E-state index contributed by atoms with van der Waals surface area (Å²) in [6, 6.07) is 15.7. The molecule has 2 aromatic carbocycles. The first kappa shape index (κ1) is 13.6. The highest BCUT2D eigenvalue weighted by Gasteiger charge is 2.13. The Bertz CT molecular complexity index is 950. The Morgan fingerprint density at radius 3 is 2.68 bits per heavy atom. The van der Waals surface area contributed by atoms with Crippen molar-refractivity contribution in [1.82, 2.24) is 9.97 Å². The van der Waals surface area contributed by atoms with E-state index in [9.17, 15) is 0 Å². The second kappa shape index (κ2) is 5.63. The van der Waals surface area contributed by atoms with Crippen LogP contribution in [0.3, 0.4) is 0 Å². The molecule has 0 bridgehead atoms. The first-order chi connectivity index (χ1) is 10.8. The van der Waals surface area contributed by atoms with E-state index in [-0.39, 0.29) is 0 Å². The maximum atomic E-state index is 5.92. The van der Waals surface area contributed by atoms with Crippen LogP contribution in [0.4, 0.5) is 0 Å². The molecule has 0 saturated carbocycles. The van der Waals surface area contributed by atoms with Gasteiger partial charge in [-0.2, -0.15) is 0 Å². The summed E-state index contributed by atoms with van der Waals surface area (Å²) in [5.41, 5.74) is 3.65. The standard InChI is InChI=1S/C17H11ClN2OS/c18-12-7-5-11(6-8-12)9-22-17-16-15(19-10-20-17)13-3-1-2-4-14(13)21-16/h1-8,10H,9H2. The van der Waals surface area contributed by atoms with Gasteiger partial charge >= 0.3 is 0 Å². The van der Waals surface area contributed by atoms with Crippen LogP contribution in [0.2, 0.25) is 5.02 Å². The number of thioether (sulfide) groups is 1. The molecule has 0 unspecified atom stereocenters. The Morgan fingerprint density at radius 2 is 1.82 bits per heavy atom. The Labute approximate surface area is 136 Å². The average Bonchev–Trinajstić information content (AvgIpc) is 2.94. The number of fused-ring (bicyclic) bond motifs is 3. The number of hydrogen-bond acceptors (Lipinski definition) is 4. The molecule has 108 valence electrons. The molecular formula is C17H11ClN2OS. The van der Waals surface area contributed by atoms with Gasteiger partial charge in [0.05, 0.1) is 0 Å². The maximum Gasteiger partial charge on any atom is 0.186 e. The molecule has 0 aliphatic carbocycles. The van der Waals surface area contributed by atoms with Crippen molar-refractivity contribution in [3.63, 3.8) is 0 Å². The van der Waals surface area contributed by atoms with Crippen LogP contribution in [0.1, 0.15) is 5.56 Å². The average molecular weight is 327 g/mol. The minimum atomic E-state index is 0.746. The fourth-order valence-corrected chi connectivity index (χ4v) is 3.35. The summed E-state index contributed by atoms with van der Waals surface area (Å²) in [6.07, 6.45) is 1.59. The van der Waals surface area contributed by atoms with Crippen molar-refractivity contribution in [3.05, 3.63) is 65.4 Å². The van der Waals surface area contributed by atoms with Crippen molar-refractivity contribution in [3.8, 4) is 0 Å². The molecule has 0 amide bonds. The predicted octanol–water partition coefficient (Wildman–Crippen LogP) is 5.32. The van der Waals surface area contributed by atoms with E-state index in [4.69, 9.17) is 16.0 Å². The third kappa shape index (κ3) is 2.45. The molecule has 2 heterocycles. The fourth-order valence-electron chi connectivity index (χ4n) is 2.34. The highest BCUT2D eigenvalue weighted by molar-refractivity contribution is 7.98. The van der Waals surface area contributed by atoms with Gasteiger partial charge in [0.1, 0.15) is 22.5 Å². The van der Waals surface area contributed by atoms with E-state index in [1.165, 1.54) is 5.56 Å². The SMILES string of the molecule is Clc1ccc(CSc2ncnc3c2oc2ccccc23)cc1. The summed E-state index contributed by atoms with van der Waals surface area (Å²) in [5, 5.41) is 2.62. The number of rotatable bonds is 3. The van der Waals surface area contributed by atoms with Crippen LogP contribution in [-0.2, 0) is 5.75 Å². The van der Waals surface area contributed by atoms with E-state index < -0.39 is 0 Å². The summed E-state index contributed by atoms with van der Waals surface area (Å²) < 4.78 is 5.92. The first-order valence-electron chi connectivity index (χ1n) is 6.81. The van der Waals surface area contributed by atoms with Crippen LogP contribution in [-0.4, -0.2) is 9.97 Å². The zero-order chi connectivity index (χ0) is 14.9. The molecular weight excluding hydrogens is 316 g/mol. The molecule has 0 spiro atoms. The number of furan rings is 1. The highest BCUT2D eigenvalue weighted by Crippen LogP contribution is 2.33. The lowest BCUT2D eigenvalue weighted by Crippen LogP contribution is -1.86. The minimum absolute atomic E-state index is 0.746. The summed E-state index contributed by atoms with van der Waals surface area (Å²) in [7, 11) is 0. The molecule has 0 aliphatic rings. The number of para-hydroxylation sites is 1. The summed E-state index contributed by atoms with van der Waals surface area (Å²) in [5.74, 6) is 0.806. The largest absolute Gasteiger partial charge is 0.451 e. The molecule has 22 heavy (non-hydrogen) atoms. The van der Waals surface area contributed by atoms with E-state index in [2.05, 4.69) is 9.97 Å². The molecule has 0 N–H and O–H groups in total. The van der Waals surface area contributed by atoms with Crippen molar-refractivity contribution in [2.24, 2.45) is 0 Å². The normalized spacial score (nSPS) is 11.3. The Balaban J connectivity index is 1.70. The zero-order valence-electron chi connectivity index (χ0n) is 11.5.